The van der Waals surface area contributed by atoms with Gasteiger partial charge in [0.05, 0.1) is 27.6 Å². The summed E-state index contributed by atoms with van der Waals surface area (Å²) in [6.07, 6.45) is 0. The molecule has 2 aromatic carbocycles. The topological polar surface area (TPSA) is 43.4 Å². The molecule has 146 valence electrons. The van der Waals surface area contributed by atoms with Crippen molar-refractivity contribution >= 4 is 48.6 Å². The Labute approximate surface area is 182 Å². The summed E-state index contributed by atoms with van der Waals surface area (Å²) in [6, 6.07) is 21.7. The highest BCUT2D eigenvalue weighted by Gasteiger charge is 2.29. The van der Waals surface area contributed by atoms with E-state index in [9.17, 15) is 8.42 Å². The summed E-state index contributed by atoms with van der Waals surface area (Å²) in [6.45, 7) is 7.58. The number of thiophene rings is 2. The Morgan fingerprint density at radius 2 is 1.60 bits per heavy atom. The fraction of sp³-hybridized carbons (Fsp3) is 0. The van der Waals surface area contributed by atoms with Gasteiger partial charge in [-0.25, -0.2) is 17.2 Å². The summed E-state index contributed by atoms with van der Waals surface area (Å²) in [5, 5.41) is 5.16. The number of para-hydroxylation sites is 1. The molecule has 0 spiro atoms. The van der Waals surface area contributed by atoms with E-state index < -0.39 is 10.0 Å². The minimum Gasteiger partial charge on any atom is -0.232 e. The second-order valence-electron chi connectivity index (χ2n) is 6.55. The highest BCUT2D eigenvalue weighted by Crippen LogP contribution is 2.48. The molecule has 0 saturated heterocycles. The monoisotopic (exact) mass is 446 g/mol. The van der Waals surface area contributed by atoms with Gasteiger partial charge < -0.3 is 0 Å². The Bertz CT molecular complexity index is 1500. The Morgan fingerprint density at radius 1 is 0.833 bits per heavy atom. The molecule has 3 aromatic heterocycles. The summed E-state index contributed by atoms with van der Waals surface area (Å²) in [4.78, 5) is 4.74. The lowest BCUT2D eigenvalue weighted by atomic mass is 10.0. The van der Waals surface area contributed by atoms with Crippen LogP contribution in [0.4, 0.5) is 5.00 Å². The summed E-state index contributed by atoms with van der Waals surface area (Å²) >= 11 is 2.84. The van der Waals surface area contributed by atoms with Crippen LogP contribution in [0.1, 0.15) is 0 Å². The predicted molar refractivity (Wildman–Crippen MR) is 124 cm³/mol. The van der Waals surface area contributed by atoms with Gasteiger partial charge in [-0.1, -0.05) is 48.5 Å². The maximum atomic E-state index is 13.8. The van der Waals surface area contributed by atoms with E-state index in [1.807, 2.05) is 53.2 Å². The van der Waals surface area contributed by atoms with E-state index in [2.05, 4.69) is 4.85 Å². The number of hydrogen-bond donors (Lipinski definition) is 0. The summed E-state index contributed by atoms with van der Waals surface area (Å²) in [5.41, 5.74) is 2.73. The summed E-state index contributed by atoms with van der Waals surface area (Å²) in [7, 11) is -3.86. The van der Waals surface area contributed by atoms with Crippen molar-refractivity contribution in [1.82, 2.24) is 3.97 Å². The van der Waals surface area contributed by atoms with Gasteiger partial charge in [0.2, 0.25) is 5.00 Å². The minimum absolute atomic E-state index is 0.228. The molecule has 0 aliphatic rings. The molecule has 30 heavy (non-hydrogen) atoms. The zero-order chi connectivity index (χ0) is 20.7. The molecule has 0 fully saturated rings. The molecule has 0 aliphatic heterocycles. The van der Waals surface area contributed by atoms with E-state index in [0.29, 0.717) is 16.2 Å². The second kappa shape index (κ2) is 7.26. The maximum absolute atomic E-state index is 13.8. The van der Waals surface area contributed by atoms with Gasteiger partial charge >= 0.3 is 0 Å². The van der Waals surface area contributed by atoms with E-state index in [1.54, 1.807) is 30.3 Å². The van der Waals surface area contributed by atoms with Gasteiger partial charge in [0.15, 0.2) is 0 Å². The van der Waals surface area contributed by atoms with Crippen molar-refractivity contribution in [2.24, 2.45) is 0 Å². The second-order valence-corrected chi connectivity index (χ2v) is 10.2. The molecule has 4 nitrogen and oxygen atoms in total. The smallest absolute Gasteiger partial charge is 0.232 e. The van der Waals surface area contributed by atoms with E-state index in [-0.39, 0.29) is 4.90 Å². The Morgan fingerprint density at radius 3 is 2.33 bits per heavy atom. The van der Waals surface area contributed by atoms with Crippen LogP contribution < -0.4 is 0 Å². The van der Waals surface area contributed by atoms with Crippen molar-refractivity contribution in [3.8, 4) is 21.7 Å². The predicted octanol–water partition coefficient (Wildman–Crippen LogP) is 6.89. The van der Waals surface area contributed by atoms with Gasteiger partial charge in [-0.2, -0.15) is 11.3 Å². The largest absolute Gasteiger partial charge is 0.268 e. The zero-order valence-electron chi connectivity index (χ0n) is 15.5. The zero-order valence-corrected chi connectivity index (χ0v) is 18.0. The van der Waals surface area contributed by atoms with E-state index in [0.717, 1.165) is 21.4 Å². The van der Waals surface area contributed by atoms with Crippen LogP contribution in [0.25, 0.3) is 37.4 Å². The fourth-order valence-corrected chi connectivity index (χ4v) is 6.71. The number of nitrogens with zero attached hydrogens (tertiary/aromatic N) is 2. The Kier molecular flexibility index (Phi) is 4.55. The SMILES string of the molecule is [C-]#[N+]c1sccc1-c1c(-c2cccs2)n(S(=O)(=O)c2ccccc2)c2ccccc12. The van der Waals surface area contributed by atoms with Crippen LogP contribution in [0.3, 0.4) is 0 Å². The van der Waals surface area contributed by atoms with Crippen LogP contribution in [-0.2, 0) is 10.0 Å². The van der Waals surface area contributed by atoms with Crippen molar-refractivity contribution in [3.63, 3.8) is 0 Å². The third-order valence-electron chi connectivity index (χ3n) is 4.88. The number of rotatable bonds is 4. The van der Waals surface area contributed by atoms with Crippen LogP contribution in [0.2, 0.25) is 0 Å². The third-order valence-corrected chi connectivity index (χ3v) is 8.29. The normalized spacial score (nSPS) is 11.6. The Hall–Kier alpha value is -3.18. The van der Waals surface area contributed by atoms with Gasteiger partial charge in [0, 0.05) is 16.5 Å². The van der Waals surface area contributed by atoms with Gasteiger partial charge in [0.25, 0.3) is 10.0 Å². The van der Waals surface area contributed by atoms with Gasteiger partial charge in [-0.3, -0.25) is 0 Å². The molecule has 7 heteroatoms. The number of aromatic nitrogens is 1. The lowest BCUT2D eigenvalue weighted by Gasteiger charge is -2.12. The van der Waals surface area contributed by atoms with E-state index in [1.165, 1.54) is 26.6 Å². The maximum Gasteiger partial charge on any atom is 0.268 e. The quantitative estimate of drug-likeness (QED) is 0.282. The van der Waals surface area contributed by atoms with E-state index in [4.69, 9.17) is 6.57 Å². The number of benzene rings is 2. The molecule has 0 atom stereocenters. The first-order chi connectivity index (χ1) is 14.6. The van der Waals surface area contributed by atoms with Crippen LogP contribution in [0.15, 0.2) is 88.5 Å². The van der Waals surface area contributed by atoms with E-state index >= 15 is 0 Å². The lowest BCUT2D eigenvalue weighted by molar-refractivity contribution is 0.589. The van der Waals surface area contributed by atoms with Gasteiger partial charge in [0.1, 0.15) is 0 Å². The number of hydrogen-bond acceptors (Lipinski definition) is 4. The molecule has 0 saturated carbocycles. The highest BCUT2D eigenvalue weighted by atomic mass is 32.2. The first-order valence-corrected chi connectivity index (χ1v) is 12.3. The summed E-state index contributed by atoms with van der Waals surface area (Å²) < 4.78 is 29.1. The van der Waals surface area contributed by atoms with Crippen molar-refractivity contribution in [2.45, 2.75) is 4.90 Å². The molecule has 5 rings (SSSR count). The lowest BCUT2D eigenvalue weighted by Crippen LogP contribution is -2.14. The van der Waals surface area contributed by atoms with Crippen LogP contribution >= 0.6 is 22.7 Å². The van der Waals surface area contributed by atoms with Crippen LogP contribution in [-0.4, -0.2) is 12.4 Å². The fourth-order valence-electron chi connectivity index (χ4n) is 3.65. The number of fused-ring (bicyclic) bond motifs is 1. The molecule has 0 aliphatic carbocycles. The van der Waals surface area contributed by atoms with Crippen LogP contribution in [0, 0.1) is 6.57 Å². The molecule has 0 N–H and O–H groups in total. The van der Waals surface area contributed by atoms with Gasteiger partial charge in [-0.05, 0) is 35.0 Å². The first-order valence-electron chi connectivity index (χ1n) is 9.06. The molecule has 5 aromatic rings. The molecule has 0 bridgehead atoms. The average molecular weight is 447 g/mol. The summed E-state index contributed by atoms with van der Waals surface area (Å²) in [5.74, 6) is 0. The van der Waals surface area contributed by atoms with Crippen molar-refractivity contribution < 1.29 is 8.42 Å². The van der Waals surface area contributed by atoms with Crippen molar-refractivity contribution in [1.29, 1.82) is 0 Å². The average Bonchev–Trinajstić information content (AvgIpc) is 3.51. The van der Waals surface area contributed by atoms with Crippen LogP contribution in [0.5, 0.6) is 0 Å². The molecule has 3 heterocycles. The standard InChI is InChI=1S/C23H14N2O2S3/c1-24-23-18(13-15-29-23)21-17-10-5-6-11-19(17)25(22(21)20-12-7-14-28-20)30(26,27)16-8-3-2-4-9-16/h2-15H. The van der Waals surface area contributed by atoms with Crippen molar-refractivity contribution in [2.75, 3.05) is 0 Å². The third kappa shape index (κ3) is 2.81. The Balaban J connectivity index is 1.98. The highest BCUT2D eigenvalue weighted by molar-refractivity contribution is 7.90. The minimum atomic E-state index is -3.86. The molecule has 0 radical (unpaired) electrons. The molecule has 0 unspecified atom stereocenters. The molecule has 0 amide bonds. The first kappa shape index (κ1) is 18.8. The molecular weight excluding hydrogens is 432 g/mol. The molecular formula is C23H14N2O2S3. The van der Waals surface area contributed by atoms with Gasteiger partial charge in [-0.15, -0.1) is 11.3 Å². The van der Waals surface area contributed by atoms with Crippen molar-refractivity contribution in [3.05, 3.63) is 95.0 Å².